The van der Waals surface area contributed by atoms with Crippen molar-refractivity contribution in [3.63, 3.8) is 0 Å². The molecule has 88 valence electrons. The van der Waals surface area contributed by atoms with E-state index in [-0.39, 0.29) is 5.78 Å². The van der Waals surface area contributed by atoms with E-state index in [4.69, 9.17) is 0 Å². The minimum Gasteiger partial charge on any atom is -0.294 e. The number of ketones is 1. The molecule has 1 heteroatoms. The Morgan fingerprint density at radius 2 is 1.81 bits per heavy atom. The lowest BCUT2D eigenvalue weighted by Gasteiger charge is -2.16. The molecule has 0 saturated heterocycles. The van der Waals surface area contributed by atoms with Gasteiger partial charge in [-0.15, -0.1) is 0 Å². The van der Waals surface area contributed by atoms with E-state index in [0.29, 0.717) is 18.3 Å². The summed E-state index contributed by atoms with van der Waals surface area (Å²) < 4.78 is 0. The molecule has 0 aliphatic heterocycles. The van der Waals surface area contributed by atoms with Crippen molar-refractivity contribution in [1.82, 2.24) is 0 Å². The van der Waals surface area contributed by atoms with Gasteiger partial charge in [-0.05, 0) is 18.3 Å². The molecule has 0 saturated carbocycles. The molecule has 1 rings (SSSR count). The van der Waals surface area contributed by atoms with Gasteiger partial charge in [-0.1, -0.05) is 57.5 Å². The van der Waals surface area contributed by atoms with Crippen molar-refractivity contribution in [2.24, 2.45) is 11.8 Å². The van der Waals surface area contributed by atoms with Crippen molar-refractivity contribution < 1.29 is 4.79 Å². The Labute approximate surface area is 98.9 Å². The van der Waals surface area contributed by atoms with Crippen LogP contribution in [0.1, 0.15) is 50.4 Å². The molecule has 1 atom stereocenters. The monoisotopic (exact) mass is 218 g/mol. The average molecular weight is 218 g/mol. The Balaban J connectivity index is 2.56. The molecule has 0 heterocycles. The first kappa shape index (κ1) is 13.0. The highest BCUT2D eigenvalue weighted by atomic mass is 16.1. The minimum atomic E-state index is 0.285. The van der Waals surface area contributed by atoms with Crippen LogP contribution in [0.5, 0.6) is 0 Å². The molecule has 16 heavy (non-hydrogen) atoms. The molecule has 0 radical (unpaired) electrons. The van der Waals surface area contributed by atoms with Crippen molar-refractivity contribution in [3.8, 4) is 0 Å². The highest BCUT2D eigenvalue weighted by Crippen LogP contribution is 2.20. The zero-order chi connectivity index (χ0) is 12.0. The van der Waals surface area contributed by atoms with Crippen LogP contribution in [0.15, 0.2) is 30.3 Å². The van der Waals surface area contributed by atoms with Crippen LogP contribution < -0.4 is 0 Å². The predicted octanol–water partition coefficient (Wildman–Crippen LogP) is 4.33. The fourth-order valence-electron chi connectivity index (χ4n) is 2.07. The Morgan fingerprint density at radius 3 is 2.31 bits per heavy atom. The lowest BCUT2D eigenvalue weighted by atomic mass is 9.89. The van der Waals surface area contributed by atoms with Crippen LogP contribution >= 0.6 is 0 Å². The van der Waals surface area contributed by atoms with Crippen molar-refractivity contribution in [2.75, 3.05) is 0 Å². The van der Waals surface area contributed by atoms with Crippen LogP contribution in [0, 0.1) is 11.8 Å². The first-order valence-electron chi connectivity index (χ1n) is 6.21. The Morgan fingerprint density at radius 1 is 1.19 bits per heavy atom. The SMILES string of the molecule is CC[C@@H](CC(=O)c1ccccc1)CC(C)C. The van der Waals surface area contributed by atoms with Crippen molar-refractivity contribution in [2.45, 2.75) is 40.0 Å². The largest absolute Gasteiger partial charge is 0.294 e. The van der Waals surface area contributed by atoms with Gasteiger partial charge in [0.15, 0.2) is 5.78 Å². The van der Waals surface area contributed by atoms with E-state index >= 15 is 0 Å². The molecule has 1 aromatic carbocycles. The quantitative estimate of drug-likeness (QED) is 0.649. The van der Waals surface area contributed by atoms with Gasteiger partial charge in [0.05, 0.1) is 0 Å². The third kappa shape index (κ3) is 4.18. The predicted molar refractivity (Wildman–Crippen MR) is 68.6 cm³/mol. The molecule has 1 nitrogen and oxygen atoms in total. The topological polar surface area (TPSA) is 17.1 Å². The van der Waals surface area contributed by atoms with Gasteiger partial charge in [-0.3, -0.25) is 4.79 Å². The number of carbonyl (C=O) groups is 1. The molecule has 0 amide bonds. The molecule has 0 fully saturated rings. The van der Waals surface area contributed by atoms with Crippen LogP contribution in [0.25, 0.3) is 0 Å². The fourth-order valence-corrected chi connectivity index (χ4v) is 2.07. The maximum absolute atomic E-state index is 12.0. The Kier molecular flexibility index (Phi) is 5.24. The molecular formula is C15H22O. The van der Waals surface area contributed by atoms with Crippen LogP contribution in [-0.4, -0.2) is 5.78 Å². The van der Waals surface area contributed by atoms with E-state index in [0.717, 1.165) is 18.4 Å². The van der Waals surface area contributed by atoms with E-state index in [2.05, 4.69) is 20.8 Å². The third-order valence-electron chi connectivity index (χ3n) is 2.95. The zero-order valence-electron chi connectivity index (χ0n) is 10.6. The summed E-state index contributed by atoms with van der Waals surface area (Å²) in [7, 11) is 0. The summed E-state index contributed by atoms with van der Waals surface area (Å²) in [4.78, 5) is 12.0. The Bertz CT molecular complexity index is 313. The highest BCUT2D eigenvalue weighted by molar-refractivity contribution is 5.96. The molecule has 0 N–H and O–H groups in total. The lowest BCUT2D eigenvalue weighted by molar-refractivity contribution is 0.0954. The third-order valence-corrected chi connectivity index (χ3v) is 2.95. The summed E-state index contributed by atoms with van der Waals surface area (Å²) in [5.41, 5.74) is 0.852. The Hall–Kier alpha value is -1.11. The van der Waals surface area contributed by atoms with Crippen LogP contribution in [-0.2, 0) is 0 Å². The zero-order valence-corrected chi connectivity index (χ0v) is 10.6. The van der Waals surface area contributed by atoms with E-state index in [1.807, 2.05) is 30.3 Å². The molecule has 0 aliphatic rings. The number of hydrogen-bond donors (Lipinski definition) is 0. The number of hydrogen-bond acceptors (Lipinski definition) is 1. The minimum absolute atomic E-state index is 0.285. The molecule has 0 unspecified atom stereocenters. The van der Waals surface area contributed by atoms with Crippen molar-refractivity contribution >= 4 is 5.78 Å². The van der Waals surface area contributed by atoms with E-state index in [1.54, 1.807) is 0 Å². The second-order valence-corrected chi connectivity index (χ2v) is 4.90. The molecule has 0 aliphatic carbocycles. The first-order chi connectivity index (χ1) is 7.63. The van der Waals surface area contributed by atoms with Gasteiger partial charge < -0.3 is 0 Å². The van der Waals surface area contributed by atoms with Gasteiger partial charge in [0.1, 0.15) is 0 Å². The van der Waals surface area contributed by atoms with E-state index in [1.165, 1.54) is 0 Å². The van der Waals surface area contributed by atoms with Crippen LogP contribution in [0.3, 0.4) is 0 Å². The number of benzene rings is 1. The lowest BCUT2D eigenvalue weighted by Crippen LogP contribution is -2.10. The van der Waals surface area contributed by atoms with E-state index in [9.17, 15) is 4.79 Å². The summed E-state index contributed by atoms with van der Waals surface area (Å²) >= 11 is 0. The standard InChI is InChI=1S/C15H22O/c1-4-13(10-12(2)3)11-15(16)14-8-6-5-7-9-14/h5-9,12-13H,4,10-11H2,1-3H3/t13-/m1/s1. The van der Waals surface area contributed by atoms with Gasteiger partial charge >= 0.3 is 0 Å². The maximum Gasteiger partial charge on any atom is 0.163 e. The van der Waals surface area contributed by atoms with Crippen molar-refractivity contribution in [1.29, 1.82) is 0 Å². The normalized spacial score (nSPS) is 12.8. The van der Waals surface area contributed by atoms with Crippen LogP contribution in [0.4, 0.5) is 0 Å². The summed E-state index contributed by atoms with van der Waals surface area (Å²) in [6.07, 6.45) is 2.94. The summed E-state index contributed by atoms with van der Waals surface area (Å²) in [5, 5.41) is 0. The van der Waals surface area contributed by atoms with Crippen LogP contribution in [0.2, 0.25) is 0 Å². The van der Waals surface area contributed by atoms with Gasteiger partial charge in [0.25, 0.3) is 0 Å². The second kappa shape index (κ2) is 6.47. The summed E-state index contributed by atoms with van der Waals surface area (Å²) in [5.74, 6) is 1.49. The second-order valence-electron chi connectivity index (χ2n) is 4.90. The van der Waals surface area contributed by atoms with Gasteiger partial charge in [0, 0.05) is 12.0 Å². The van der Waals surface area contributed by atoms with Crippen molar-refractivity contribution in [3.05, 3.63) is 35.9 Å². The van der Waals surface area contributed by atoms with Gasteiger partial charge in [-0.2, -0.15) is 0 Å². The number of Topliss-reactive ketones (excluding diaryl/α,β-unsaturated/α-hetero) is 1. The smallest absolute Gasteiger partial charge is 0.163 e. The van der Waals surface area contributed by atoms with Gasteiger partial charge in [0.2, 0.25) is 0 Å². The highest BCUT2D eigenvalue weighted by Gasteiger charge is 2.14. The molecule has 0 aromatic heterocycles. The number of rotatable bonds is 6. The summed E-state index contributed by atoms with van der Waals surface area (Å²) in [6, 6.07) is 9.62. The van der Waals surface area contributed by atoms with E-state index < -0.39 is 0 Å². The number of carbonyl (C=O) groups excluding carboxylic acids is 1. The summed E-state index contributed by atoms with van der Waals surface area (Å²) in [6.45, 7) is 6.61. The molecule has 0 spiro atoms. The van der Waals surface area contributed by atoms with Gasteiger partial charge in [-0.25, -0.2) is 0 Å². The fraction of sp³-hybridized carbons (Fsp3) is 0.533. The first-order valence-corrected chi connectivity index (χ1v) is 6.21. The molecule has 0 bridgehead atoms. The molecular weight excluding hydrogens is 196 g/mol. The maximum atomic E-state index is 12.0. The average Bonchev–Trinajstić information content (AvgIpc) is 2.28. The molecule has 1 aromatic rings.